The highest BCUT2D eigenvalue weighted by molar-refractivity contribution is 5.94. The summed E-state index contributed by atoms with van der Waals surface area (Å²) in [5.41, 5.74) is 1.54. The van der Waals surface area contributed by atoms with Gasteiger partial charge < -0.3 is 9.64 Å². The van der Waals surface area contributed by atoms with Crippen molar-refractivity contribution in [2.45, 2.75) is 57.7 Å². The zero-order valence-corrected chi connectivity index (χ0v) is 19.4. The van der Waals surface area contributed by atoms with Gasteiger partial charge in [0.1, 0.15) is 11.4 Å². The minimum Gasteiger partial charge on any atom is -0.484 e. The largest absolute Gasteiger partial charge is 0.484 e. The molecule has 1 aromatic heterocycles. The van der Waals surface area contributed by atoms with Crippen LogP contribution in [0.5, 0.6) is 5.75 Å². The maximum Gasteiger partial charge on any atom is 0.433 e. The number of fused-ring (bicyclic) bond motifs is 2. The third-order valence-corrected chi connectivity index (χ3v) is 6.96. The number of hydrogen-bond acceptors (Lipinski definition) is 4. The number of aromatic nitrogens is 1. The van der Waals surface area contributed by atoms with E-state index in [2.05, 4.69) is 9.88 Å². The van der Waals surface area contributed by atoms with E-state index >= 15 is 0 Å². The maximum atomic E-state index is 12.9. The predicted molar refractivity (Wildman–Crippen MR) is 115 cm³/mol. The third-order valence-electron chi connectivity index (χ3n) is 6.96. The van der Waals surface area contributed by atoms with E-state index in [9.17, 15) is 31.1 Å². The van der Waals surface area contributed by atoms with Crippen molar-refractivity contribution >= 4 is 5.91 Å². The zero-order chi connectivity index (χ0) is 25.7. The van der Waals surface area contributed by atoms with Crippen molar-refractivity contribution < 1.29 is 35.9 Å². The van der Waals surface area contributed by atoms with Gasteiger partial charge in [-0.15, -0.1) is 0 Å². The molecule has 0 saturated carbocycles. The summed E-state index contributed by atoms with van der Waals surface area (Å²) in [6.45, 7) is 5.28. The topological polar surface area (TPSA) is 45.7 Å². The number of pyridine rings is 1. The lowest BCUT2D eigenvalue weighted by Crippen LogP contribution is -2.49. The van der Waals surface area contributed by atoms with Gasteiger partial charge in [0.15, 0.2) is 6.61 Å². The molecule has 190 valence electrons. The van der Waals surface area contributed by atoms with Crippen LogP contribution in [0.2, 0.25) is 0 Å². The molecule has 0 aliphatic carbocycles. The first-order chi connectivity index (χ1) is 16.3. The number of ether oxygens (including phenoxy) is 1. The number of hydrogen-bond donors (Lipinski definition) is 0. The monoisotopic (exact) mass is 501 g/mol. The van der Waals surface area contributed by atoms with Crippen LogP contribution in [0.15, 0.2) is 30.5 Å². The van der Waals surface area contributed by atoms with Crippen LogP contribution in [0.1, 0.15) is 52.1 Å². The summed E-state index contributed by atoms with van der Waals surface area (Å²) >= 11 is 0. The second-order valence-electron chi connectivity index (χ2n) is 9.11. The van der Waals surface area contributed by atoms with Crippen LogP contribution in [-0.2, 0) is 6.18 Å². The highest BCUT2D eigenvalue weighted by Gasteiger charge is 2.47. The first-order valence-electron chi connectivity index (χ1n) is 11.2. The van der Waals surface area contributed by atoms with E-state index in [-0.39, 0.29) is 35.3 Å². The number of carbonyl (C=O) groups is 1. The minimum atomic E-state index is -4.57. The van der Waals surface area contributed by atoms with Crippen LogP contribution in [0, 0.1) is 13.8 Å². The SMILES string of the molecule is Cc1c(OCC(F)(F)F)ccc([C@H](C)N2C[C@H]3C[C@@H]2CN3C(=O)c2ccc(C(F)(F)F)nc2)c1C. The number of likely N-dealkylation sites (tertiary alicyclic amines) is 2. The molecule has 2 bridgehead atoms. The highest BCUT2D eigenvalue weighted by Crippen LogP contribution is 2.40. The van der Waals surface area contributed by atoms with Gasteiger partial charge in [-0.05, 0) is 62.1 Å². The second kappa shape index (κ2) is 9.00. The molecule has 4 rings (SSSR count). The number of piperazine rings is 1. The average molecular weight is 501 g/mol. The molecule has 0 N–H and O–H groups in total. The summed E-state index contributed by atoms with van der Waals surface area (Å²) in [7, 11) is 0. The Bertz CT molecular complexity index is 1100. The van der Waals surface area contributed by atoms with Crippen molar-refractivity contribution in [2.24, 2.45) is 0 Å². The number of alkyl halides is 6. The smallest absolute Gasteiger partial charge is 0.433 e. The molecule has 3 heterocycles. The lowest BCUT2D eigenvalue weighted by Gasteiger charge is -2.38. The highest BCUT2D eigenvalue weighted by atomic mass is 19.4. The predicted octanol–water partition coefficient (Wildman–Crippen LogP) is 5.32. The zero-order valence-electron chi connectivity index (χ0n) is 19.4. The molecular formula is C24H25F6N3O2. The number of nitrogens with zero attached hydrogens (tertiary/aromatic N) is 3. The number of amides is 1. The van der Waals surface area contributed by atoms with Crippen molar-refractivity contribution in [3.05, 3.63) is 58.4 Å². The van der Waals surface area contributed by atoms with Gasteiger partial charge in [0.05, 0.1) is 5.56 Å². The van der Waals surface area contributed by atoms with Crippen molar-refractivity contribution in [2.75, 3.05) is 19.7 Å². The Morgan fingerprint density at radius 2 is 1.77 bits per heavy atom. The summed E-state index contributed by atoms with van der Waals surface area (Å²) in [5.74, 6) is -0.148. The Balaban J connectivity index is 1.43. The number of benzene rings is 1. The van der Waals surface area contributed by atoms with Crippen molar-refractivity contribution in [1.29, 1.82) is 0 Å². The molecule has 3 atom stereocenters. The molecular weight excluding hydrogens is 476 g/mol. The number of carbonyl (C=O) groups excluding carboxylic acids is 1. The van der Waals surface area contributed by atoms with Gasteiger partial charge in [0, 0.05) is 37.4 Å². The Kier molecular flexibility index (Phi) is 6.50. The standard InChI is InChI=1S/C24H25F6N3O2/c1-13-14(2)20(35-12-23(25,26)27)6-5-19(13)15(3)32-10-18-8-17(32)11-33(18)22(34)16-4-7-21(31-9-16)24(28,29)30/h4-7,9,15,17-18H,8,10-12H2,1-3H3/t15-,17+,18+/m0/s1. The van der Waals surface area contributed by atoms with E-state index in [0.29, 0.717) is 18.7 Å². The Morgan fingerprint density at radius 3 is 2.31 bits per heavy atom. The molecule has 2 saturated heterocycles. The van der Waals surface area contributed by atoms with Crippen molar-refractivity contribution in [3.8, 4) is 5.75 Å². The van der Waals surface area contributed by atoms with Gasteiger partial charge in [-0.25, -0.2) is 0 Å². The summed E-state index contributed by atoms with van der Waals surface area (Å²) in [6, 6.07) is 5.26. The molecule has 2 fully saturated rings. The van der Waals surface area contributed by atoms with Gasteiger partial charge in [0.25, 0.3) is 5.91 Å². The fourth-order valence-corrected chi connectivity index (χ4v) is 5.04. The van der Waals surface area contributed by atoms with Gasteiger partial charge in [-0.2, -0.15) is 26.3 Å². The van der Waals surface area contributed by atoms with Crippen LogP contribution < -0.4 is 4.74 Å². The normalized spacial score (nSPS) is 21.5. The van der Waals surface area contributed by atoms with E-state index in [1.807, 2.05) is 13.8 Å². The summed E-state index contributed by atoms with van der Waals surface area (Å²) < 4.78 is 80.8. The molecule has 2 aliphatic heterocycles. The van der Waals surface area contributed by atoms with Crippen LogP contribution >= 0.6 is 0 Å². The maximum absolute atomic E-state index is 12.9. The van der Waals surface area contributed by atoms with Crippen LogP contribution in [-0.4, -0.2) is 58.6 Å². The van der Waals surface area contributed by atoms with Gasteiger partial charge in [0.2, 0.25) is 0 Å². The molecule has 11 heteroatoms. The van der Waals surface area contributed by atoms with Crippen LogP contribution in [0.4, 0.5) is 26.3 Å². The summed E-state index contributed by atoms with van der Waals surface area (Å²) in [4.78, 5) is 20.2. The molecule has 2 aromatic rings. The van der Waals surface area contributed by atoms with Crippen LogP contribution in [0.25, 0.3) is 0 Å². The van der Waals surface area contributed by atoms with Gasteiger partial charge in [-0.1, -0.05) is 6.07 Å². The Morgan fingerprint density at radius 1 is 1.06 bits per heavy atom. The lowest BCUT2D eigenvalue weighted by atomic mass is 9.96. The Hall–Kier alpha value is -2.82. The van der Waals surface area contributed by atoms with E-state index in [1.54, 1.807) is 24.0 Å². The molecule has 1 amide bonds. The fraction of sp³-hybridized carbons (Fsp3) is 0.500. The fourth-order valence-electron chi connectivity index (χ4n) is 5.04. The first kappa shape index (κ1) is 25.3. The Labute approximate surface area is 198 Å². The minimum absolute atomic E-state index is 0.0367. The van der Waals surface area contributed by atoms with Crippen molar-refractivity contribution in [1.82, 2.24) is 14.8 Å². The molecule has 0 spiro atoms. The summed E-state index contributed by atoms with van der Waals surface area (Å²) in [6.07, 6.45) is -7.27. The lowest BCUT2D eigenvalue weighted by molar-refractivity contribution is -0.153. The van der Waals surface area contributed by atoms with Crippen molar-refractivity contribution in [3.63, 3.8) is 0 Å². The molecule has 35 heavy (non-hydrogen) atoms. The number of rotatable bonds is 5. The number of halogens is 6. The molecule has 2 aliphatic rings. The quantitative estimate of drug-likeness (QED) is 0.521. The van der Waals surface area contributed by atoms with E-state index in [0.717, 1.165) is 35.9 Å². The summed E-state index contributed by atoms with van der Waals surface area (Å²) in [5, 5.41) is 0. The second-order valence-corrected chi connectivity index (χ2v) is 9.11. The van der Waals surface area contributed by atoms with Gasteiger partial charge >= 0.3 is 12.4 Å². The molecule has 5 nitrogen and oxygen atoms in total. The molecule has 1 aromatic carbocycles. The van der Waals surface area contributed by atoms with E-state index in [4.69, 9.17) is 4.74 Å². The van der Waals surface area contributed by atoms with Gasteiger partial charge in [-0.3, -0.25) is 14.7 Å². The van der Waals surface area contributed by atoms with E-state index in [1.165, 1.54) is 0 Å². The molecule has 0 unspecified atom stereocenters. The average Bonchev–Trinajstić information content (AvgIpc) is 3.39. The third kappa shape index (κ3) is 5.10. The molecule has 0 radical (unpaired) electrons. The first-order valence-corrected chi connectivity index (χ1v) is 11.2. The van der Waals surface area contributed by atoms with E-state index < -0.39 is 24.7 Å². The van der Waals surface area contributed by atoms with Crippen LogP contribution in [0.3, 0.4) is 0 Å².